The van der Waals surface area contributed by atoms with Gasteiger partial charge in [0.2, 0.25) is 0 Å². The van der Waals surface area contributed by atoms with Crippen molar-refractivity contribution in [2.75, 3.05) is 0 Å². The Balaban J connectivity index is 1.31. The molecule has 0 atom stereocenters. The zero-order chi connectivity index (χ0) is 25.3. The van der Waals surface area contributed by atoms with Gasteiger partial charge in [0.1, 0.15) is 18.1 Å². The maximum Gasteiger partial charge on any atom is 0.187 e. The van der Waals surface area contributed by atoms with Crippen LogP contribution in [0.2, 0.25) is 0 Å². The quantitative estimate of drug-likeness (QED) is 0.167. The second kappa shape index (κ2) is 12.3. The van der Waals surface area contributed by atoms with Gasteiger partial charge in [0.25, 0.3) is 0 Å². The molecule has 2 N–H and O–H groups in total. The van der Waals surface area contributed by atoms with E-state index in [1.54, 1.807) is 6.21 Å². The van der Waals surface area contributed by atoms with Crippen LogP contribution in [0.1, 0.15) is 43.2 Å². The van der Waals surface area contributed by atoms with E-state index in [1.165, 1.54) is 19.3 Å². The highest BCUT2D eigenvalue weighted by atomic mass is 32.1. The molecule has 0 aliphatic heterocycles. The molecule has 1 aromatic heterocycles. The van der Waals surface area contributed by atoms with E-state index in [9.17, 15) is 0 Å². The molecule has 1 aliphatic carbocycles. The van der Waals surface area contributed by atoms with E-state index < -0.39 is 0 Å². The fourth-order valence-corrected chi connectivity index (χ4v) is 4.71. The average molecular weight is 510 g/mol. The van der Waals surface area contributed by atoms with E-state index in [4.69, 9.17) is 22.1 Å². The lowest BCUT2D eigenvalue weighted by Crippen LogP contribution is -2.40. The lowest BCUT2D eigenvalue weighted by Gasteiger charge is -2.23. The van der Waals surface area contributed by atoms with Crippen molar-refractivity contribution in [3.63, 3.8) is 0 Å². The Morgan fingerprint density at radius 2 is 1.65 bits per heavy atom. The highest BCUT2D eigenvalue weighted by Crippen LogP contribution is 2.25. The van der Waals surface area contributed by atoms with E-state index >= 15 is 0 Å². The second-order valence-electron chi connectivity index (χ2n) is 9.19. The molecule has 3 aromatic carbocycles. The van der Waals surface area contributed by atoms with Crippen molar-refractivity contribution in [3.8, 4) is 22.7 Å². The molecule has 1 fully saturated rings. The first-order chi connectivity index (χ1) is 18.2. The lowest BCUT2D eigenvalue weighted by molar-refractivity contribution is 0.306. The van der Waals surface area contributed by atoms with Gasteiger partial charge >= 0.3 is 0 Å². The van der Waals surface area contributed by atoms with Crippen molar-refractivity contribution in [3.05, 3.63) is 102 Å². The van der Waals surface area contributed by atoms with Gasteiger partial charge in [0.05, 0.1) is 11.9 Å². The minimum absolute atomic E-state index is 0.433. The first-order valence-corrected chi connectivity index (χ1v) is 13.2. The Morgan fingerprint density at radius 3 is 2.38 bits per heavy atom. The van der Waals surface area contributed by atoms with Gasteiger partial charge in [-0.05, 0) is 67.0 Å². The summed E-state index contributed by atoms with van der Waals surface area (Å²) in [7, 11) is 0. The topological polar surface area (TPSA) is 63.5 Å². The summed E-state index contributed by atoms with van der Waals surface area (Å²) in [6.45, 7) is 0.529. The fraction of sp³-hybridized carbons (Fsp3) is 0.233. The van der Waals surface area contributed by atoms with Crippen LogP contribution in [0.5, 0.6) is 5.75 Å². The number of nitrogens with one attached hydrogen (secondary N) is 2. The number of hydrogen-bond donors (Lipinski definition) is 2. The fourth-order valence-electron chi connectivity index (χ4n) is 4.49. The summed E-state index contributed by atoms with van der Waals surface area (Å²) in [5, 5.41) is 13.2. The Hall–Kier alpha value is -3.97. The molecular formula is C30H31N5OS. The van der Waals surface area contributed by atoms with E-state index in [2.05, 4.69) is 28.0 Å². The monoisotopic (exact) mass is 509 g/mol. The summed E-state index contributed by atoms with van der Waals surface area (Å²) in [5.41, 5.74) is 7.79. The average Bonchev–Trinajstić information content (AvgIpc) is 3.38. The molecule has 0 spiro atoms. The Morgan fingerprint density at radius 1 is 0.946 bits per heavy atom. The summed E-state index contributed by atoms with van der Waals surface area (Å²) in [6.07, 6.45) is 9.88. The molecule has 7 heteroatoms. The van der Waals surface area contributed by atoms with Gasteiger partial charge in [-0.25, -0.2) is 4.68 Å². The van der Waals surface area contributed by atoms with Gasteiger partial charge in [-0.15, -0.1) is 0 Å². The highest BCUT2D eigenvalue weighted by Gasteiger charge is 2.14. The number of rotatable bonds is 8. The zero-order valence-electron chi connectivity index (χ0n) is 20.7. The third kappa shape index (κ3) is 6.83. The van der Waals surface area contributed by atoms with E-state index in [-0.39, 0.29) is 0 Å². The minimum Gasteiger partial charge on any atom is -0.489 e. The molecule has 0 saturated heterocycles. The summed E-state index contributed by atoms with van der Waals surface area (Å²) in [5.74, 6) is 0.811. The molecule has 1 heterocycles. The van der Waals surface area contributed by atoms with Crippen molar-refractivity contribution >= 4 is 23.5 Å². The first-order valence-electron chi connectivity index (χ1n) is 12.8. The predicted molar refractivity (Wildman–Crippen MR) is 153 cm³/mol. The largest absolute Gasteiger partial charge is 0.489 e. The summed E-state index contributed by atoms with van der Waals surface area (Å²) >= 11 is 5.46. The lowest BCUT2D eigenvalue weighted by atomic mass is 9.96. The molecule has 6 nitrogen and oxygen atoms in total. The third-order valence-electron chi connectivity index (χ3n) is 6.45. The van der Waals surface area contributed by atoms with Gasteiger partial charge < -0.3 is 10.1 Å². The Bertz CT molecular complexity index is 1310. The molecule has 0 radical (unpaired) electrons. The van der Waals surface area contributed by atoms with Crippen LogP contribution in [0.4, 0.5) is 0 Å². The Labute approximate surface area is 223 Å². The number of hydrazone groups is 1. The molecule has 0 unspecified atom stereocenters. The van der Waals surface area contributed by atoms with E-state index in [0.29, 0.717) is 17.8 Å². The van der Waals surface area contributed by atoms with Crippen molar-refractivity contribution < 1.29 is 4.74 Å². The van der Waals surface area contributed by atoms with Crippen molar-refractivity contribution in [2.24, 2.45) is 5.10 Å². The number of para-hydroxylation sites is 1. The second-order valence-corrected chi connectivity index (χ2v) is 9.60. The summed E-state index contributed by atoms with van der Waals surface area (Å²) in [6, 6.07) is 28.6. The maximum atomic E-state index is 5.96. The van der Waals surface area contributed by atoms with Crippen LogP contribution in [-0.2, 0) is 6.61 Å². The van der Waals surface area contributed by atoms with Crippen LogP contribution in [0, 0.1) is 0 Å². The van der Waals surface area contributed by atoms with Gasteiger partial charge in [-0.2, -0.15) is 10.2 Å². The molecular weight excluding hydrogens is 478 g/mol. The van der Waals surface area contributed by atoms with Gasteiger partial charge in [0, 0.05) is 23.4 Å². The van der Waals surface area contributed by atoms with E-state index in [0.717, 1.165) is 46.7 Å². The predicted octanol–water partition coefficient (Wildman–Crippen LogP) is 6.25. The third-order valence-corrected chi connectivity index (χ3v) is 6.66. The number of nitrogens with zero attached hydrogens (tertiary/aromatic N) is 3. The molecule has 37 heavy (non-hydrogen) atoms. The van der Waals surface area contributed by atoms with E-state index in [1.807, 2.05) is 83.7 Å². The van der Waals surface area contributed by atoms with Crippen LogP contribution in [0.3, 0.4) is 0 Å². The van der Waals surface area contributed by atoms with Crippen LogP contribution in [-0.4, -0.2) is 27.1 Å². The van der Waals surface area contributed by atoms with Crippen molar-refractivity contribution in [1.82, 2.24) is 20.5 Å². The number of aromatic nitrogens is 2. The molecule has 4 aromatic rings. The molecule has 5 rings (SSSR count). The zero-order valence-corrected chi connectivity index (χ0v) is 21.5. The standard InChI is InChI=1S/C30H31N5OS/c37-30(32-26-12-6-2-7-13-26)33-31-20-25-21-35(27-14-8-3-9-15-27)34-29(25)24-16-18-28(19-17-24)36-22-23-10-4-1-5-11-23/h1,3-5,8-11,14-21,26H,2,6-7,12-13,22H2,(H2,32,33,37)/b31-20-. The van der Waals surface area contributed by atoms with Gasteiger partial charge in [-0.3, -0.25) is 5.43 Å². The highest BCUT2D eigenvalue weighted by molar-refractivity contribution is 7.80. The van der Waals surface area contributed by atoms with Gasteiger partial charge in [-0.1, -0.05) is 67.8 Å². The summed E-state index contributed by atoms with van der Waals surface area (Å²) < 4.78 is 7.83. The van der Waals surface area contributed by atoms with Crippen molar-refractivity contribution in [1.29, 1.82) is 0 Å². The normalized spacial score (nSPS) is 13.9. The molecule has 0 bridgehead atoms. The smallest absolute Gasteiger partial charge is 0.187 e. The van der Waals surface area contributed by atoms with Crippen molar-refractivity contribution in [2.45, 2.75) is 44.8 Å². The molecule has 1 saturated carbocycles. The molecule has 188 valence electrons. The van der Waals surface area contributed by atoms with Crippen LogP contribution < -0.4 is 15.5 Å². The minimum atomic E-state index is 0.433. The summed E-state index contributed by atoms with van der Waals surface area (Å²) in [4.78, 5) is 0. The molecule has 0 amide bonds. The van der Waals surface area contributed by atoms with Crippen LogP contribution in [0.25, 0.3) is 16.9 Å². The number of ether oxygens (including phenoxy) is 1. The van der Waals surface area contributed by atoms with Gasteiger partial charge in [0.15, 0.2) is 5.11 Å². The van der Waals surface area contributed by atoms with Crippen LogP contribution in [0.15, 0.2) is 96.2 Å². The first kappa shape index (κ1) is 24.7. The number of thiocarbonyl (C=S) groups is 1. The van der Waals surface area contributed by atoms with Crippen LogP contribution >= 0.6 is 12.2 Å². The SMILES string of the molecule is S=C(N/N=C\c1cn(-c2ccccc2)nc1-c1ccc(OCc2ccccc2)cc1)NC1CCCCC1. The number of benzene rings is 3. The number of hydrogen-bond acceptors (Lipinski definition) is 4. The molecule has 1 aliphatic rings. The maximum absolute atomic E-state index is 5.96. The Kier molecular flexibility index (Phi) is 8.23.